The maximum atomic E-state index is 12.0. The Morgan fingerprint density at radius 1 is 0.411 bits per heavy atom. The van der Waals surface area contributed by atoms with Crippen molar-refractivity contribution in [3.05, 3.63) is 119 Å². The number of aldehydes is 4. The van der Waals surface area contributed by atoms with Crippen molar-refractivity contribution in [1.29, 1.82) is 0 Å². The summed E-state index contributed by atoms with van der Waals surface area (Å²) in [7, 11) is 7.31. The molecule has 0 amide bonds. The van der Waals surface area contributed by atoms with E-state index in [-0.39, 0.29) is 0 Å². The van der Waals surface area contributed by atoms with E-state index < -0.39 is 0 Å². The summed E-state index contributed by atoms with van der Waals surface area (Å²) in [4.78, 5) is 66.0. The number of aromatic amines is 2. The maximum absolute atomic E-state index is 12.0. The molecule has 12 nitrogen and oxygen atoms in total. The fourth-order valence-corrected chi connectivity index (χ4v) is 7.76. The van der Waals surface area contributed by atoms with E-state index in [1.165, 1.54) is 0 Å². The maximum Gasteiger partial charge on any atom is 0.166 e. The zero-order valence-corrected chi connectivity index (χ0v) is 30.9. The predicted octanol–water partition coefficient (Wildman–Crippen LogP) is 7.93. The van der Waals surface area contributed by atoms with Crippen molar-refractivity contribution < 1.29 is 19.2 Å². The van der Waals surface area contributed by atoms with Crippen LogP contribution in [0.4, 0.5) is 0 Å². The second-order valence-electron chi connectivity index (χ2n) is 14.0. The average molecular weight is 739 g/mol. The molecule has 274 valence electrons. The fourth-order valence-electron chi connectivity index (χ4n) is 7.76. The predicted molar refractivity (Wildman–Crippen MR) is 218 cm³/mol. The van der Waals surface area contributed by atoms with Crippen LogP contribution in [0.3, 0.4) is 0 Å². The Labute approximate surface area is 319 Å². The van der Waals surface area contributed by atoms with Crippen LogP contribution in [0.15, 0.2) is 73.3 Å². The van der Waals surface area contributed by atoms with E-state index in [1.54, 1.807) is 18.3 Å². The molecule has 2 aliphatic heterocycles. The van der Waals surface area contributed by atoms with Crippen LogP contribution in [0.5, 0.6) is 0 Å². The Bertz CT molecular complexity index is 2660. The molecule has 0 saturated heterocycles. The number of hydrogen-bond acceptors (Lipinski definition) is 6. The van der Waals surface area contributed by atoms with Crippen molar-refractivity contribution in [1.82, 2.24) is 38.2 Å². The van der Waals surface area contributed by atoms with Crippen LogP contribution in [0.2, 0.25) is 0 Å². The zero-order chi connectivity index (χ0) is 38.8. The minimum atomic E-state index is 0.507. The summed E-state index contributed by atoms with van der Waals surface area (Å²) >= 11 is 0. The van der Waals surface area contributed by atoms with Gasteiger partial charge in [-0.3, -0.25) is 19.2 Å². The molecule has 0 fully saturated rings. The third kappa shape index (κ3) is 5.46. The van der Waals surface area contributed by atoms with Gasteiger partial charge in [0.15, 0.2) is 25.1 Å². The summed E-state index contributed by atoms with van der Waals surface area (Å²) in [6.07, 6.45) is 18.7. The Morgan fingerprint density at radius 2 is 0.643 bits per heavy atom. The van der Waals surface area contributed by atoms with Gasteiger partial charge in [-0.2, -0.15) is 0 Å². The lowest BCUT2D eigenvalue weighted by molar-refractivity contribution is 0.110. The first-order valence-corrected chi connectivity index (χ1v) is 17.8. The van der Waals surface area contributed by atoms with Gasteiger partial charge in [-0.1, -0.05) is 0 Å². The lowest BCUT2D eigenvalue weighted by atomic mass is 10.1. The van der Waals surface area contributed by atoms with Crippen LogP contribution < -0.4 is 0 Å². The Kier molecular flexibility index (Phi) is 7.97. The van der Waals surface area contributed by atoms with Crippen LogP contribution in [-0.4, -0.2) is 63.3 Å². The summed E-state index contributed by atoms with van der Waals surface area (Å²) in [6, 6.07) is 15.3. The number of fused-ring (bicyclic) bond motifs is 8. The highest BCUT2D eigenvalue weighted by molar-refractivity contribution is 6.01. The van der Waals surface area contributed by atoms with E-state index in [0.29, 0.717) is 45.6 Å². The number of nitrogens with one attached hydrogen (secondary N) is 2. The number of rotatable bonds is 8. The van der Waals surface area contributed by atoms with Gasteiger partial charge < -0.3 is 28.2 Å². The number of aryl methyl sites for hydroxylation is 4. The Hall–Kier alpha value is -7.60. The van der Waals surface area contributed by atoms with Crippen LogP contribution in [-0.2, 0) is 28.2 Å². The fraction of sp³-hybridized carbons (Fsp3) is 0.0909. The topological polar surface area (TPSA) is 145 Å². The van der Waals surface area contributed by atoms with Crippen molar-refractivity contribution >= 4 is 71.5 Å². The first kappa shape index (κ1) is 34.2. The van der Waals surface area contributed by atoms with E-state index >= 15 is 0 Å². The third-order valence-corrected chi connectivity index (χ3v) is 10.6. The normalized spacial score (nSPS) is 12.1. The number of hydrogen-bond donors (Lipinski definition) is 2. The van der Waals surface area contributed by atoms with E-state index in [9.17, 15) is 19.2 Å². The van der Waals surface area contributed by atoms with E-state index in [0.717, 1.165) is 91.7 Å². The van der Waals surface area contributed by atoms with Crippen LogP contribution in [0.1, 0.15) is 64.7 Å². The molecule has 0 atom stereocenters. The minimum Gasteiger partial charge on any atom is -0.354 e. The molecule has 0 spiro atoms. The standard InChI is InChI=1S/C44H34N8O4/c1-49-17-25(13-29(49)21-53)41-33-5-7-35(45-33)42(26-14-30(22-54)50(2)18-26)37-9-11-39(47-37)44(28-16-32(24-56)52(4)20-28)40-12-10-38(48-40)43(36-8-6-34(41)46-36)27-15-31(23-55)51(3)19-27/h5-24,45,48H,1-4H3. The molecule has 9 heterocycles. The Morgan fingerprint density at radius 3 is 0.839 bits per heavy atom. The van der Waals surface area contributed by atoms with Crippen molar-refractivity contribution in [3.8, 4) is 44.5 Å². The van der Waals surface area contributed by atoms with Crippen LogP contribution >= 0.6 is 0 Å². The summed E-state index contributed by atoms with van der Waals surface area (Å²) in [5.74, 6) is 0. The average Bonchev–Trinajstić information content (AvgIpc) is 4.04. The third-order valence-electron chi connectivity index (χ3n) is 10.6. The summed E-state index contributed by atoms with van der Waals surface area (Å²) < 4.78 is 7.12. The monoisotopic (exact) mass is 738 g/mol. The number of nitrogens with zero attached hydrogens (tertiary/aromatic N) is 6. The van der Waals surface area contributed by atoms with Gasteiger partial charge in [0.05, 0.1) is 45.6 Å². The lowest BCUT2D eigenvalue weighted by Crippen LogP contribution is -1.90. The highest BCUT2D eigenvalue weighted by Gasteiger charge is 2.21. The smallest absolute Gasteiger partial charge is 0.166 e. The van der Waals surface area contributed by atoms with Gasteiger partial charge in [-0.05, 0) is 72.8 Å². The van der Waals surface area contributed by atoms with Gasteiger partial charge in [0.2, 0.25) is 0 Å². The van der Waals surface area contributed by atoms with Crippen molar-refractivity contribution in [2.75, 3.05) is 0 Å². The number of carbonyl (C=O) groups is 4. The molecule has 0 aliphatic carbocycles. The molecule has 9 rings (SSSR count). The van der Waals surface area contributed by atoms with E-state index in [1.807, 2.05) is 126 Å². The van der Waals surface area contributed by atoms with Gasteiger partial charge in [0.1, 0.15) is 0 Å². The number of H-pyrrole nitrogens is 2. The molecule has 0 aromatic carbocycles. The van der Waals surface area contributed by atoms with Gasteiger partial charge >= 0.3 is 0 Å². The molecule has 2 aliphatic rings. The molecule has 12 heteroatoms. The van der Waals surface area contributed by atoms with Gasteiger partial charge in [0, 0.05) is 120 Å². The summed E-state index contributed by atoms with van der Waals surface area (Å²) in [5, 5.41) is 0. The van der Waals surface area contributed by atoms with Crippen LogP contribution in [0, 0.1) is 0 Å². The van der Waals surface area contributed by atoms with Crippen molar-refractivity contribution in [2.45, 2.75) is 0 Å². The number of aromatic nitrogens is 8. The molecule has 0 radical (unpaired) electrons. The first-order chi connectivity index (χ1) is 27.2. The van der Waals surface area contributed by atoms with E-state index in [4.69, 9.17) is 9.97 Å². The molecule has 7 aromatic heterocycles. The molecule has 0 unspecified atom stereocenters. The quantitative estimate of drug-likeness (QED) is 0.152. The second kappa shape index (κ2) is 13.1. The largest absolute Gasteiger partial charge is 0.354 e. The van der Waals surface area contributed by atoms with Gasteiger partial charge in [-0.25, -0.2) is 9.97 Å². The summed E-state index contributed by atoms with van der Waals surface area (Å²) in [5.41, 5.74) is 13.9. The SMILES string of the molecule is Cn1cc(-c2c3nc(c(-c4cc(C=O)n(C)c4)c4ccc([nH]4)c(-c4cc(C=O)n(C)c4)c4nc(c(-c5cc(C=O)n(C)c5)c5ccc2[nH]5)C=C4)C=C3)cc1C=O. The summed E-state index contributed by atoms with van der Waals surface area (Å²) in [6.45, 7) is 0. The molecular weight excluding hydrogens is 705 g/mol. The Balaban J connectivity index is 1.48. The zero-order valence-electron chi connectivity index (χ0n) is 30.9. The van der Waals surface area contributed by atoms with E-state index in [2.05, 4.69) is 9.97 Å². The highest BCUT2D eigenvalue weighted by atomic mass is 16.1. The van der Waals surface area contributed by atoms with Gasteiger partial charge in [-0.15, -0.1) is 0 Å². The van der Waals surface area contributed by atoms with Crippen molar-refractivity contribution in [3.63, 3.8) is 0 Å². The molecular formula is C44H34N8O4. The number of carbonyl (C=O) groups excluding carboxylic acids is 4. The minimum absolute atomic E-state index is 0.507. The molecule has 56 heavy (non-hydrogen) atoms. The molecule has 0 saturated carbocycles. The lowest BCUT2D eigenvalue weighted by Gasteiger charge is -2.04. The van der Waals surface area contributed by atoms with Crippen molar-refractivity contribution in [2.24, 2.45) is 28.2 Å². The van der Waals surface area contributed by atoms with Crippen LogP contribution in [0.25, 0.3) is 90.9 Å². The van der Waals surface area contributed by atoms with Gasteiger partial charge in [0.25, 0.3) is 0 Å². The molecule has 7 aromatic rings. The molecule has 8 bridgehead atoms. The first-order valence-electron chi connectivity index (χ1n) is 17.8. The molecule has 2 N–H and O–H groups in total. The second-order valence-corrected chi connectivity index (χ2v) is 14.0. The highest BCUT2D eigenvalue weighted by Crippen LogP contribution is 2.39.